The molecule has 2 aromatic rings. The van der Waals surface area contributed by atoms with Gasteiger partial charge in [0.25, 0.3) is 0 Å². The van der Waals surface area contributed by atoms with Gasteiger partial charge >= 0.3 is 5.97 Å². The van der Waals surface area contributed by atoms with Crippen molar-refractivity contribution >= 4 is 17.4 Å². The van der Waals surface area contributed by atoms with Crippen LogP contribution in [0.15, 0.2) is 48.5 Å². The first-order valence-corrected chi connectivity index (χ1v) is 7.35. The van der Waals surface area contributed by atoms with E-state index in [-0.39, 0.29) is 16.9 Å². The Kier molecular flexibility index (Phi) is 5.31. The first-order valence-electron chi connectivity index (χ1n) is 7.35. The number of carbonyl (C=O) groups is 2. The Labute approximate surface area is 129 Å². The Morgan fingerprint density at radius 3 is 2.18 bits per heavy atom. The van der Waals surface area contributed by atoms with Gasteiger partial charge in [0.1, 0.15) is 0 Å². The van der Waals surface area contributed by atoms with E-state index in [0.29, 0.717) is 5.56 Å². The largest absolute Gasteiger partial charge is 0.478 e. The molecule has 0 unspecified atom stereocenters. The van der Waals surface area contributed by atoms with Crippen LogP contribution in [0.5, 0.6) is 0 Å². The summed E-state index contributed by atoms with van der Waals surface area (Å²) in [6.07, 6.45) is 2.07. The van der Waals surface area contributed by atoms with Crippen LogP contribution in [0.2, 0.25) is 0 Å². The highest BCUT2D eigenvalue weighted by Gasteiger charge is 2.19. The Hall–Kier alpha value is -2.62. The Morgan fingerprint density at radius 2 is 1.55 bits per heavy atom. The van der Waals surface area contributed by atoms with Crippen LogP contribution < -0.4 is 5.32 Å². The molecule has 22 heavy (non-hydrogen) atoms. The molecular weight excluding hydrogens is 278 g/mol. The highest BCUT2D eigenvalue weighted by molar-refractivity contribution is 6.16. The van der Waals surface area contributed by atoms with Crippen molar-refractivity contribution in [3.63, 3.8) is 0 Å². The fourth-order valence-corrected chi connectivity index (χ4v) is 2.25. The lowest BCUT2D eigenvalue weighted by atomic mass is 9.97. The van der Waals surface area contributed by atoms with Crippen LogP contribution in [0.3, 0.4) is 0 Å². The second-order valence-electron chi connectivity index (χ2n) is 5.01. The third kappa shape index (κ3) is 3.52. The molecule has 0 aliphatic carbocycles. The number of carboxylic acids is 1. The van der Waals surface area contributed by atoms with Crippen molar-refractivity contribution in [2.24, 2.45) is 0 Å². The summed E-state index contributed by atoms with van der Waals surface area (Å²) in [5, 5.41) is 12.5. The molecule has 0 heterocycles. The van der Waals surface area contributed by atoms with Crippen molar-refractivity contribution in [1.82, 2.24) is 0 Å². The van der Waals surface area contributed by atoms with E-state index in [1.165, 1.54) is 6.07 Å². The molecule has 0 atom stereocenters. The molecule has 114 valence electrons. The van der Waals surface area contributed by atoms with E-state index in [1.807, 2.05) is 12.1 Å². The lowest BCUT2D eigenvalue weighted by molar-refractivity contribution is 0.0693. The lowest BCUT2D eigenvalue weighted by Crippen LogP contribution is -2.12. The van der Waals surface area contributed by atoms with Crippen molar-refractivity contribution in [3.05, 3.63) is 65.2 Å². The van der Waals surface area contributed by atoms with Crippen LogP contribution in [0, 0.1) is 0 Å². The van der Waals surface area contributed by atoms with Gasteiger partial charge in [-0.05, 0) is 24.6 Å². The molecule has 0 radical (unpaired) electrons. The molecular formula is C18H19NO3. The summed E-state index contributed by atoms with van der Waals surface area (Å²) in [7, 11) is 0. The van der Waals surface area contributed by atoms with Crippen LogP contribution in [-0.2, 0) is 0 Å². The first-order chi connectivity index (χ1) is 10.6. The van der Waals surface area contributed by atoms with Gasteiger partial charge in [-0.2, -0.15) is 0 Å². The average Bonchev–Trinajstić information content (AvgIpc) is 2.55. The zero-order valence-electron chi connectivity index (χ0n) is 12.5. The second-order valence-corrected chi connectivity index (χ2v) is 5.01. The van der Waals surface area contributed by atoms with E-state index in [1.54, 1.807) is 30.3 Å². The van der Waals surface area contributed by atoms with Gasteiger partial charge in [0.15, 0.2) is 5.78 Å². The molecule has 0 fully saturated rings. The Morgan fingerprint density at radius 1 is 0.955 bits per heavy atom. The smallest absolute Gasteiger partial charge is 0.336 e. The maximum atomic E-state index is 12.7. The third-order valence-corrected chi connectivity index (χ3v) is 3.42. The quantitative estimate of drug-likeness (QED) is 0.602. The maximum Gasteiger partial charge on any atom is 0.336 e. The number of aromatic carboxylic acids is 1. The number of rotatable bonds is 7. The number of unbranched alkanes of at least 4 members (excludes halogenated alkanes) is 1. The maximum absolute atomic E-state index is 12.7. The van der Waals surface area contributed by atoms with Gasteiger partial charge in [-0.3, -0.25) is 4.79 Å². The normalized spacial score (nSPS) is 10.2. The van der Waals surface area contributed by atoms with Crippen LogP contribution >= 0.6 is 0 Å². The number of nitrogens with one attached hydrogen (secondary N) is 1. The van der Waals surface area contributed by atoms with Gasteiger partial charge < -0.3 is 10.4 Å². The first kappa shape index (κ1) is 15.8. The van der Waals surface area contributed by atoms with Crippen LogP contribution in [0.25, 0.3) is 0 Å². The molecule has 2 rings (SSSR count). The standard InChI is InChI=1S/C18H19NO3/c1-2-3-12-19-16-11-7-6-10-15(16)17(20)13-8-4-5-9-14(13)18(21)22/h4-11,19H,2-3,12H2,1H3,(H,21,22). The predicted octanol–water partition coefficient (Wildman–Crippen LogP) is 3.83. The molecule has 2 aromatic carbocycles. The minimum atomic E-state index is -1.10. The summed E-state index contributed by atoms with van der Waals surface area (Å²) in [5.74, 6) is -1.38. The fourth-order valence-electron chi connectivity index (χ4n) is 2.25. The molecule has 0 aliphatic rings. The highest BCUT2D eigenvalue weighted by atomic mass is 16.4. The van der Waals surface area contributed by atoms with Crippen molar-refractivity contribution in [1.29, 1.82) is 0 Å². The predicted molar refractivity (Wildman–Crippen MR) is 86.7 cm³/mol. The lowest BCUT2D eigenvalue weighted by Gasteiger charge is -2.12. The molecule has 0 aliphatic heterocycles. The number of anilines is 1. The molecule has 0 aromatic heterocycles. The number of carbonyl (C=O) groups excluding carboxylic acids is 1. The Bertz CT molecular complexity index is 680. The van der Waals surface area contributed by atoms with E-state index >= 15 is 0 Å². The average molecular weight is 297 g/mol. The van der Waals surface area contributed by atoms with Gasteiger partial charge in [-0.1, -0.05) is 43.7 Å². The number of carboxylic acid groups (broad SMARTS) is 1. The van der Waals surface area contributed by atoms with E-state index in [4.69, 9.17) is 0 Å². The van der Waals surface area contributed by atoms with Gasteiger partial charge in [0.2, 0.25) is 0 Å². The molecule has 0 amide bonds. The number of hydrogen-bond acceptors (Lipinski definition) is 3. The zero-order chi connectivity index (χ0) is 15.9. The van der Waals surface area contributed by atoms with Gasteiger partial charge in [-0.25, -0.2) is 4.79 Å². The molecule has 0 saturated heterocycles. The monoisotopic (exact) mass is 297 g/mol. The summed E-state index contributed by atoms with van der Waals surface area (Å²) in [5.41, 5.74) is 1.46. The number of benzene rings is 2. The summed E-state index contributed by atoms with van der Waals surface area (Å²) < 4.78 is 0. The van der Waals surface area contributed by atoms with Gasteiger partial charge in [0, 0.05) is 23.4 Å². The van der Waals surface area contributed by atoms with Crippen molar-refractivity contribution < 1.29 is 14.7 Å². The third-order valence-electron chi connectivity index (χ3n) is 3.42. The molecule has 2 N–H and O–H groups in total. The van der Waals surface area contributed by atoms with E-state index in [2.05, 4.69) is 12.2 Å². The van der Waals surface area contributed by atoms with Crippen LogP contribution in [-0.4, -0.2) is 23.4 Å². The molecule has 0 bridgehead atoms. The van der Waals surface area contributed by atoms with Gasteiger partial charge in [-0.15, -0.1) is 0 Å². The van der Waals surface area contributed by atoms with Crippen molar-refractivity contribution in [2.45, 2.75) is 19.8 Å². The van der Waals surface area contributed by atoms with E-state index in [9.17, 15) is 14.7 Å². The summed E-state index contributed by atoms with van der Waals surface area (Å²) in [6.45, 7) is 2.88. The highest BCUT2D eigenvalue weighted by Crippen LogP contribution is 2.21. The molecule has 4 nitrogen and oxygen atoms in total. The fraction of sp³-hybridized carbons (Fsp3) is 0.222. The molecule has 4 heteroatoms. The number of ketones is 1. The summed E-state index contributed by atoms with van der Waals surface area (Å²) >= 11 is 0. The molecule has 0 spiro atoms. The topological polar surface area (TPSA) is 66.4 Å². The summed E-state index contributed by atoms with van der Waals surface area (Å²) in [4.78, 5) is 24.0. The zero-order valence-corrected chi connectivity index (χ0v) is 12.5. The van der Waals surface area contributed by atoms with Crippen molar-refractivity contribution in [3.8, 4) is 0 Å². The van der Waals surface area contributed by atoms with Crippen LogP contribution in [0.1, 0.15) is 46.0 Å². The van der Waals surface area contributed by atoms with Crippen LogP contribution in [0.4, 0.5) is 5.69 Å². The van der Waals surface area contributed by atoms with Crippen molar-refractivity contribution in [2.75, 3.05) is 11.9 Å². The number of para-hydroxylation sites is 1. The van der Waals surface area contributed by atoms with E-state index in [0.717, 1.165) is 25.1 Å². The van der Waals surface area contributed by atoms with E-state index < -0.39 is 5.97 Å². The second kappa shape index (κ2) is 7.41. The minimum absolute atomic E-state index is 0.0239. The summed E-state index contributed by atoms with van der Waals surface area (Å²) in [6, 6.07) is 13.5. The SMILES string of the molecule is CCCCNc1ccccc1C(=O)c1ccccc1C(=O)O. The number of hydrogen-bond donors (Lipinski definition) is 2. The Balaban J connectivity index is 2.36. The molecule has 0 saturated carbocycles. The minimum Gasteiger partial charge on any atom is -0.478 e. The van der Waals surface area contributed by atoms with Gasteiger partial charge in [0.05, 0.1) is 5.56 Å².